The molecule has 10 heteroatoms. The maximum Gasteiger partial charge on any atom is 0.275 e. The summed E-state index contributed by atoms with van der Waals surface area (Å²) in [6, 6.07) is 8.22. The van der Waals surface area contributed by atoms with Crippen molar-refractivity contribution in [2.24, 2.45) is 5.73 Å². The molecule has 0 unspecified atom stereocenters. The first-order chi connectivity index (χ1) is 13.4. The smallest absolute Gasteiger partial charge is 0.275 e. The minimum absolute atomic E-state index is 0.122. The van der Waals surface area contributed by atoms with Crippen molar-refractivity contribution < 1.29 is 19.1 Å². The van der Waals surface area contributed by atoms with Crippen LogP contribution in [0.25, 0.3) is 0 Å². The highest BCUT2D eigenvalue weighted by Gasteiger charge is 2.18. The van der Waals surface area contributed by atoms with E-state index in [0.717, 1.165) is 16.2 Å². The molecule has 28 heavy (non-hydrogen) atoms. The first-order valence-corrected chi connectivity index (χ1v) is 9.69. The number of hydrogen-bond acceptors (Lipinski definition) is 7. The summed E-state index contributed by atoms with van der Waals surface area (Å²) in [6.07, 6.45) is 0. The highest BCUT2D eigenvalue weighted by Crippen LogP contribution is 2.28. The SMILES string of the molecule is COc1ccc(C(=O)Nc2nc(C(=O)Nc3sc(C)cc3C(N)=O)cs2)cc1. The molecule has 0 saturated heterocycles. The molecule has 0 bridgehead atoms. The number of aryl methyl sites for hydroxylation is 1. The Labute approximate surface area is 168 Å². The summed E-state index contributed by atoms with van der Waals surface area (Å²) in [6.45, 7) is 1.81. The standard InChI is InChI=1S/C18H16N4O4S2/c1-9-7-12(14(19)23)17(28-9)21-16(25)13-8-27-18(20-13)22-15(24)10-3-5-11(26-2)6-4-10/h3-8H,1-2H3,(H2,19,23)(H,21,25)(H,20,22,24). The van der Waals surface area contributed by atoms with Crippen molar-refractivity contribution in [3.63, 3.8) is 0 Å². The molecule has 3 amide bonds. The molecule has 144 valence electrons. The number of methoxy groups -OCH3 is 1. The fourth-order valence-corrected chi connectivity index (χ4v) is 3.90. The van der Waals surface area contributed by atoms with Crippen molar-refractivity contribution in [2.75, 3.05) is 17.7 Å². The maximum absolute atomic E-state index is 12.4. The number of thiazole rings is 1. The molecule has 2 aromatic heterocycles. The molecular weight excluding hydrogens is 400 g/mol. The van der Waals surface area contributed by atoms with Gasteiger partial charge in [-0.1, -0.05) is 0 Å². The average Bonchev–Trinajstić information content (AvgIpc) is 3.28. The van der Waals surface area contributed by atoms with Crippen LogP contribution < -0.4 is 21.1 Å². The highest BCUT2D eigenvalue weighted by atomic mass is 32.1. The quantitative estimate of drug-likeness (QED) is 0.570. The summed E-state index contributed by atoms with van der Waals surface area (Å²) in [5.41, 5.74) is 6.13. The summed E-state index contributed by atoms with van der Waals surface area (Å²) in [5.74, 6) is -0.825. The van der Waals surface area contributed by atoms with Crippen molar-refractivity contribution >= 4 is 50.5 Å². The van der Waals surface area contributed by atoms with Gasteiger partial charge in [-0.15, -0.1) is 22.7 Å². The Morgan fingerprint density at radius 3 is 2.46 bits per heavy atom. The molecule has 8 nitrogen and oxygen atoms in total. The molecule has 2 heterocycles. The number of ether oxygens (including phenoxy) is 1. The van der Waals surface area contributed by atoms with Crippen molar-refractivity contribution in [2.45, 2.75) is 6.92 Å². The Morgan fingerprint density at radius 1 is 1.11 bits per heavy atom. The van der Waals surface area contributed by atoms with Crippen LogP contribution in [0.4, 0.5) is 10.1 Å². The van der Waals surface area contributed by atoms with E-state index in [1.165, 1.54) is 16.7 Å². The van der Waals surface area contributed by atoms with E-state index in [-0.39, 0.29) is 22.3 Å². The predicted molar refractivity (Wildman–Crippen MR) is 109 cm³/mol. The number of aromatic nitrogens is 1. The van der Waals surface area contributed by atoms with Crippen LogP contribution in [-0.4, -0.2) is 29.8 Å². The van der Waals surface area contributed by atoms with E-state index in [9.17, 15) is 14.4 Å². The van der Waals surface area contributed by atoms with E-state index in [1.807, 2.05) is 6.92 Å². The van der Waals surface area contributed by atoms with Crippen molar-refractivity contribution in [3.8, 4) is 5.75 Å². The number of nitrogens with one attached hydrogen (secondary N) is 2. The molecule has 3 aromatic rings. The molecule has 0 spiro atoms. The van der Waals surface area contributed by atoms with Gasteiger partial charge in [0.2, 0.25) is 0 Å². The van der Waals surface area contributed by atoms with Gasteiger partial charge in [0.25, 0.3) is 17.7 Å². The molecule has 0 aliphatic heterocycles. The molecule has 0 saturated carbocycles. The van der Waals surface area contributed by atoms with Gasteiger partial charge in [-0.05, 0) is 37.3 Å². The molecule has 0 aliphatic rings. The number of carbonyl (C=O) groups is 3. The summed E-state index contributed by atoms with van der Waals surface area (Å²) < 4.78 is 5.06. The zero-order valence-corrected chi connectivity index (χ0v) is 16.6. The number of amides is 3. The highest BCUT2D eigenvalue weighted by molar-refractivity contribution is 7.16. The van der Waals surface area contributed by atoms with Crippen LogP contribution in [0.15, 0.2) is 35.7 Å². The topological polar surface area (TPSA) is 123 Å². The number of nitrogens with zero attached hydrogens (tertiary/aromatic N) is 1. The number of benzene rings is 1. The van der Waals surface area contributed by atoms with Gasteiger partial charge in [-0.2, -0.15) is 0 Å². The van der Waals surface area contributed by atoms with E-state index >= 15 is 0 Å². The van der Waals surface area contributed by atoms with E-state index in [4.69, 9.17) is 10.5 Å². The number of thiophene rings is 1. The number of nitrogens with two attached hydrogens (primary N) is 1. The van der Waals surface area contributed by atoms with Gasteiger partial charge < -0.3 is 15.8 Å². The second kappa shape index (κ2) is 8.19. The number of carbonyl (C=O) groups excluding carboxylic acids is 3. The molecule has 0 atom stereocenters. The number of rotatable bonds is 6. The van der Waals surface area contributed by atoms with Crippen LogP contribution in [0, 0.1) is 6.92 Å². The first-order valence-electron chi connectivity index (χ1n) is 8.00. The van der Waals surface area contributed by atoms with Gasteiger partial charge in [-0.25, -0.2) is 4.98 Å². The largest absolute Gasteiger partial charge is 0.497 e. The normalized spacial score (nSPS) is 10.4. The minimum Gasteiger partial charge on any atom is -0.497 e. The number of primary amides is 1. The maximum atomic E-state index is 12.4. The minimum atomic E-state index is -0.620. The van der Waals surface area contributed by atoms with Crippen LogP contribution >= 0.6 is 22.7 Å². The Bertz CT molecular complexity index is 1040. The van der Waals surface area contributed by atoms with E-state index < -0.39 is 11.8 Å². The number of hydrogen-bond donors (Lipinski definition) is 3. The van der Waals surface area contributed by atoms with Crippen molar-refractivity contribution in [1.82, 2.24) is 4.98 Å². The fraction of sp³-hybridized carbons (Fsp3) is 0.111. The third-order valence-corrected chi connectivity index (χ3v) is 5.38. The second-order valence-corrected chi connectivity index (χ2v) is 7.75. The van der Waals surface area contributed by atoms with Crippen molar-refractivity contribution in [1.29, 1.82) is 0 Å². The van der Waals surface area contributed by atoms with Crippen LogP contribution in [0.1, 0.15) is 36.1 Å². The van der Waals surface area contributed by atoms with Crippen LogP contribution in [0.3, 0.4) is 0 Å². The predicted octanol–water partition coefficient (Wildman–Crippen LogP) is 3.13. The summed E-state index contributed by atoms with van der Waals surface area (Å²) in [7, 11) is 1.54. The average molecular weight is 416 g/mol. The third-order valence-electron chi connectivity index (χ3n) is 3.66. The van der Waals surface area contributed by atoms with Crippen LogP contribution in [0.5, 0.6) is 5.75 Å². The van der Waals surface area contributed by atoms with Gasteiger partial charge >= 0.3 is 0 Å². The van der Waals surface area contributed by atoms with Gasteiger partial charge in [0.1, 0.15) is 16.4 Å². The van der Waals surface area contributed by atoms with Gasteiger partial charge in [0, 0.05) is 15.8 Å². The molecule has 0 fully saturated rings. The second-order valence-electron chi connectivity index (χ2n) is 5.64. The van der Waals surface area contributed by atoms with Gasteiger partial charge in [0.05, 0.1) is 12.7 Å². The lowest BCUT2D eigenvalue weighted by molar-refractivity contribution is 0.0998. The Balaban J connectivity index is 1.68. The van der Waals surface area contributed by atoms with E-state index in [2.05, 4.69) is 15.6 Å². The van der Waals surface area contributed by atoms with E-state index in [0.29, 0.717) is 16.3 Å². The number of anilines is 2. The van der Waals surface area contributed by atoms with Crippen LogP contribution in [-0.2, 0) is 0 Å². The summed E-state index contributed by atoms with van der Waals surface area (Å²) in [5, 5.41) is 7.45. The van der Waals surface area contributed by atoms with Crippen LogP contribution in [0.2, 0.25) is 0 Å². The lowest BCUT2D eigenvalue weighted by Gasteiger charge is -2.04. The summed E-state index contributed by atoms with van der Waals surface area (Å²) >= 11 is 2.36. The molecule has 0 aliphatic carbocycles. The Kier molecular flexibility index (Phi) is 5.71. The molecule has 0 radical (unpaired) electrons. The molecule has 3 rings (SSSR count). The zero-order chi connectivity index (χ0) is 20.3. The molecular formula is C18H16N4O4S2. The van der Waals surface area contributed by atoms with Gasteiger partial charge in [0.15, 0.2) is 5.13 Å². The lowest BCUT2D eigenvalue weighted by Crippen LogP contribution is -2.17. The molecule has 1 aromatic carbocycles. The molecule has 4 N–H and O–H groups in total. The Hall–Kier alpha value is -3.24. The monoisotopic (exact) mass is 416 g/mol. The fourth-order valence-electron chi connectivity index (χ4n) is 2.30. The van der Waals surface area contributed by atoms with Crippen molar-refractivity contribution in [3.05, 3.63) is 57.4 Å². The van der Waals surface area contributed by atoms with E-state index in [1.54, 1.807) is 37.4 Å². The van der Waals surface area contributed by atoms with Gasteiger partial charge in [-0.3, -0.25) is 19.7 Å². The lowest BCUT2D eigenvalue weighted by atomic mass is 10.2. The third kappa shape index (κ3) is 4.35. The first kappa shape index (κ1) is 19.5. The summed E-state index contributed by atoms with van der Waals surface area (Å²) in [4.78, 5) is 41.1. The Morgan fingerprint density at radius 2 is 1.82 bits per heavy atom. The zero-order valence-electron chi connectivity index (χ0n) is 14.9.